The molecule has 1 aromatic heterocycles. The zero-order chi connectivity index (χ0) is 18.4. The summed E-state index contributed by atoms with van der Waals surface area (Å²) in [5.41, 5.74) is -0.605. The lowest BCUT2D eigenvalue weighted by molar-refractivity contribution is -0.385. The van der Waals surface area contributed by atoms with Crippen LogP contribution in [0.1, 0.15) is 5.56 Å². The third kappa shape index (κ3) is 4.10. The maximum atomic E-state index is 12.1. The van der Waals surface area contributed by atoms with Crippen LogP contribution in [-0.4, -0.2) is 30.0 Å². The van der Waals surface area contributed by atoms with Crippen molar-refractivity contribution in [3.05, 3.63) is 45.0 Å². The number of nitriles is 1. The monoisotopic (exact) mass is 360 g/mol. The number of carbonyl (C=O) groups is 1. The van der Waals surface area contributed by atoms with E-state index in [1.54, 1.807) is 11.4 Å². The summed E-state index contributed by atoms with van der Waals surface area (Å²) in [4.78, 5) is 26.7. The lowest BCUT2D eigenvalue weighted by Crippen LogP contribution is -2.13. The maximum absolute atomic E-state index is 12.1. The largest absolute Gasteiger partial charge is 0.493 e. The number of rotatable bonds is 6. The molecule has 2 rings (SSSR count). The second kappa shape index (κ2) is 7.89. The number of aromatic nitrogens is 1. The Morgan fingerprint density at radius 1 is 1.40 bits per heavy atom. The molecule has 0 atom stereocenters. The van der Waals surface area contributed by atoms with E-state index in [4.69, 9.17) is 9.47 Å². The van der Waals surface area contributed by atoms with Gasteiger partial charge in [0.25, 0.3) is 11.6 Å². The molecule has 0 bridgehead atoms. The summed E-state index contributed by atoms with van der Waals surface area (Å²) in [7, 11) is 2.72. The van der Waals surface area contributed by atoms with Crippen molar-refractivity contribution >= 4 is 34.1 Å². The highest BCUT2D eigenvalue weighted by atomic mass is 32.1. The first-order valence-corrected chi connectivity index (χ1v) is 7.61. The normalized spacial score (nSPS) is 10.7. The van der Waals surface area contributed by atoms with Crippen LogP contribution in [0.15, 0.2) is 29.3 Å². The molecule has 0 aliphatic carbocycles. The van der Waals surface area contributed by atoms with Gasteiger partial charge in [-0.2, -0.15) is 5.26 Å². The van der Waals surface area contributed by atoms with Crippen LogP contribution in [0.3, 0.4) is 0 Å². The Kier molecular flexibility index (Phi) is 5.65. The molecule has 1 amide bonds. The van der Waals surface area contributed by atoms with E-state index >= 15 is 0 Å². The van der Waals surface area contributed by atoms with Crippen molar-refractivity contribution in [1.29, 1.82) is 5.26 Å². The van der Waals surface area contributed by atoms with E-state index in [0.717, 1.165) is 6.08 Å². The van der Waals surface area contributed by atoms with E-state index in [-0.39, 0.29) is 28.3 Å². The van der Waals surface area contributed by atoms with Gasteiger partial charge < -0.3 is 9.47 Å². The van der Waals surface area contributed by atoms with Crippen LogP contribution in [-0.2, 0) is 4.79 Å². The lowest BCUT2D eigenvalue weighted by Gasteiger charge is -2.09. The van der Waals surface area contributed by atoms with Crippen molar-refractivity contribution < 1.29 is 19.2 Å². The van der Waals surface area contributed by atoms with E-state index in [1.165, 1.54) is 43.9 Å². The zero-order valence-corrected chi connectivity index (χ0v) is 14.0. The Hall–Kier alpha value is -3.45. The van der Waals surface area contributed by atoms with E-state index in [1.807, 2.05) is 0 Å². The minimum atomic E-state index is -0.721. The van der Waals surface area contributed by atoms with Gasteiger partial charge in [-0.15, -0.1) is 11.3 Å². The number of nitro benzene ring substituents is 1. The second-order valence-electron chi connectivity index (χ2n) is 4.48. The Labute approximate surface area is 146 Å². The van der Waals surface area contributed by atoms with E-state index in [0.29, 0.717) is 5.13 Å². The molecule has 2 aromatic rings. The standard InChI is InChI=1S/C15H12N4O5S/c1-23-12-6-9(11(19(21)22)7-13(12)24-2)5-10(8-16)14(20)18-15-17-3-4-25-15/h3-7H,1-2H3,(H,17,18,20)/b10-5+. The van der Waals surface area contributed by atoms with Gasteiger partial charge >= 0.3 is 0 Å². The van der Waals surface area contributed by atoms with Crippen molar-refractivity contribution in [2.45, 2.75) is 0 Å². The van der Waals surface area contributed by atoms with E-state index in [2.05, 4.69) is 10.3 Å². The predicted molar refractivity (Wildman–Crippen MR) is 90.5 cm³/mol. The van der Waals surface area contributed by atoms with Crippen LogP contribution in [0.25, 0.3) is 6.08 Å². The Morgan fingerprint density at radius 3 is 2.60 bits per heavy atom. The molecule has 0 spiro atoms. The third-order valence-electron chi connectivity index (χ3n) is 3.05. The molecule has 0 saturated carbocycles. The molecule has 0 fully saturated rings. The topological polar surface area (TPSA) is 127 Å². The van der Waals surface area contributed by atoms with Gasteiger partial charge in [-0.05, 0) is 12.1 Å². The molecule has 9 nitrogen and oxygen atoms in total. The van der Waals surface area contributed by atoms with Gasteiger partial charge in [0.2, 0.25) is 0 Å². The molecule has 1 heterocycles. The average molecular weight is 360 g/mol. The number of hydrogen-bond acceptors (Lipinski definition) is 8. The number of ether oxygens (including phenoxy) is 2. The fraction of sp³-hybridized carbons (Fsp3) is 0.133. The highest BCUT2D eigenvalue weighted by molar-refractivity contribution is 7.13. The van der Waals surface area contributed by atoms with Gasteiger partial charge in [0.15, 0.2) is 16.6 Å². The molecule has 25 heavy (non-hydrogen) atoms. The van der Waals surface area contributed by atoms with Gasteiger partial charge in [0.1, 0.15) is 11.6 Å². The first-order valence-electron chi connectivity index (χ1n) is 6.73. The summed E-state index contributed by atoms with van der Waals surface area (Å²) in [6.07, 6.45) is 2.61. The number of carbonyl (C=O) groups excluding carboxylic acids is 1. The first kappa shape index (κ1) is 17.9. The summed E-state index contributed by atoms with van der Waals surface area (Å²) in [6.45, 7) is 0. The fourth-order valence-electron chi connectivity index (χ4n) is 1.91. The van der Waals surface area contributed by atoms with Gasteiger partial charge in [-0.25, -0.2) is 4.98 Å². The van der Waals surface area contributed by atoms with Crippen molar-refractivity contribution in [3.8, 4) is 17.6 Å². The molecule has 1 N–H and O–H groups in total. The number of amides is 1. The summed E-state index contributed by atoms with van der Waals surface area (Å²) in [5.74, 6) is -0.324. The molecular formula is C15H12N4O5S. The molecule has 128 valence electrons. The van der Waals surface area contributed by atoms with Crippen molar-refractivity contribution in [2.24, 2.45) is 0 Å². The van der Waals surface area contributed by atoms with E-state index in [9.17, 15) is 20.2 Å². The van der Waals surface area contributed by atoms with Gasteiger partial charge in [0, 0.05) is 11.6 Å². The number of benzene rings is 1. The first-order chi connectivity index (χ1) is 12.0. The predicted octanol–water partition coefficient (Wildman–Crippen LogP) is 2.61. The molecule has 10 heteroatoms. The molecule has 0 saturated heterocycles. The Balaban J connectivity index is 2.47. The molecule has 0 radical (unpaired) electrons. The van der Waals surface area contributed by atoms with E-state index < -0.39 is 10.8 Å². The summed E-state index contributed by atoms with van der Waals surface area (Å²) < 4.78 is 10.1. The van der Waals surface area contributed by atoms with Crippen LogP contribution in [0.4, 0.5) is 10.8 Å². The van der Waals surface area contributed by atoms with Gasteiger partial charge in [-0.1, -0.05) is 0 Å². The van der Waals surface area contributed by atoms with Crippen molar-refractivity contribution in [2.75, 3.05) is 19.5 Å². The number of nitro groups is 1. The quantitative estimate of drug-likeness (QED) is 0.363. The minimum Gasteiger partial charge on any atom is -0.493 e. The lowest BCUT2D eigenvalue weighted by atomic mass is 10.1. The highest BCUT2D eigenvalue weighted by Gasteiger charge is 2.20. The van der Waals surface area contributed by atoms with Crippen LogP contribution in [0.5, 0.6) is 11.5 Å². The number of anilines is 1. The molecule has 0 aliphatic heterocycles. The second-order valence-corrected chi connectivity index (χ2v) is 5.38. The average Bonchev–Trinajstić information content (AvgIpc) is 3.11. The van der Waals surface area contributed by atoms with Crippen LogP contribution >= 0.6 is 11.3 Å². The zero-order valence-electron chi connectivity index (χ0n) is 13.2. The molecule has 0 unspecified atom stereocenters. The number of thiazole rings is 1. The maximum Gasteiger partial charge on any atom is 0.280 e. The molecule has 1 aromatic carbocycles. The van der Waals surface area contributed by atoms with Crippen LogP contribution in [0.2, 0.25) is 0 Å². The fourth-order valence-corrected chi connectivity index (χ4v) is 2.44. The number of nitrogens with one attached hydrogen (secondary N) is 1. The van der Waals surface area contributed by atoms with Crippen molar-refractivity contribution in [3.63, 3.8) is 0 Å². The van der Waals surface area contributed by atoms with Crippen LogP contribution < -0.4 is 14.8 Å². The van der Waals surface area contributed by atoms with Crippen LogP contribution in [0, 0.1) is 21.4 Å². The summed E-state index contributed by atoms with van der Waals surface area (Å²) in [5, 5.41) is 24.9. The van der Waals surface area contributed by atoms with Gasteiger partial charge in [0.05, 0.1) is 30.8 Å². The highest BCUT2D eigenvalue weighted by Crippen LogP contribution is 2.35. The Morgan fingerprint density at radius 2 is 2.08 bits per heavy atom. The minimum absolute atomic E-state index is 0.0356. The third-order valence-corrected chi connectivity index (χ3v) is 3.74. The summed E-state index contributed by atoms with van der Waals surface area (Å²) in [6, 6.07) is 4.22. The number of hydrogen-bond donors (Lipinski definition) is 1. The van der Waals surface area contributed by atoms with Crippen molar-refractivity contribution in [1.82, 2.24) is 4.98 Å². The van der Waals surface area contributed by atoms with Gasteiger partial charge in [-0.3, -0.25) is 20.2 Å². The molecule has 0 aliphatic rings. The smallest absolute Gasteiger partial charge is 0.280 e. The number of methoxy groups -OCH3 is 2. The number of nitrogens with zero attached hydrogens (tertiary/aromatic N) is 3. The SMILES string of the molecule is COc1cc(/C=C(\C#N)C(=O)Nc2nccs2)c([N+](=O)[O-])cc1OC. The summed E-state index contributed by atoms with van der Waals surface area (Å²) >= 11 is 1.18. The Bertz CT molecular complexity index is 871. The molecular weight excluding hydrogens is 348 g/mol.